The topological polar surface area (TPSA) is 71.1 Å². The molecule has 6 nitrogen and oxygen atoms in total. The van der Waals surface area contributed by atoms with Crippen molar-refractivity contribution in [1.82, 2.24) is 0 Å². The monoisotopic (exact) mass is 316 g/mol. The first-order chi connectivity index (χ1) is 11.0. The van der Waals surface area contributed by atoms with Gasteiger partial charge >= 0.3 is 11.9 Å². The van der Waals surface area contributed by atoms with E-state index in [1.807, 2.05) is 19.1 Å². The molecule has 0 saturated heterocycles. The zero-order valence-electron chi connectivity index (χ0n) is 13.1. The first kappa shape index (κ1) is 15.1. The second-order valence-corrected chi connectivity index (χ2v) is 5.25. The molecule has 0 radical (unpaired) electrons. The third-order valence-electron chi connectivity index (χ3n) is 3.35. The molecule has 3 rings (SSSR count). The molecule has 2 aromatic rings. The normalized spacial score (nSPS) is 12.8. The summed E-state index contributed by atoms with van der Waals surface area (Å²) in [5.41, 5.74) is 0.969. The number of esters is 2. The predicted octanol–water partition coefficient (Wildman–Crippen LogP) is 2.77. The van der Waals surface area contributed by atoms with Crippen LogP contribution in [0.3, 0.4) is 0 Å². The molecule has 0 atom stereocenters. The second kappa shape index (κ2) is 5.79. The maximum absolute atomic E-state index is 11.5. The maximum atomic E-state index is 11.5. The van der Waals surface area contributed by atoms with Gasteiger partial charge in [0.15, 0.2) is 11.5 Å². The number of fused-ring (bicyclic) bond motifs is 2. The summed E-state index contributed by atoms with van der Waals surface area (Å²) < 4.78 is 22.0. The van der Waals surface area contributed by atoms with E-state index in [9.17, 15) is 9.59 Å². The number of rotatable bonds is 2. The number of benzene rings is 2. The van der Waals surface area contributed by atoms with Crippen molar-refractivity contribution >= 4 is 22.7 Å². The molecular weight excluding hydrogens is 300 g/mol. The molecule has 0 aliphatic carbocycles. The largest absolute Gasteiger partial charge is 0.483 e. The van der Waals surface area contributed by atoms with Gasteiger partial charge < -0.3 is 18.9 Å². The van der Waals surface area contributed by atoms with Crippen LogP contribution in [0.4, 0.5) is 0 Å². The van der Waals surface area contributed by atoms with Crippen LogP contribution in [-0.2, 0) is 9.59 Å². The van der Waals surface area contributed by atoms with Crippen molar-refractivity contribution in [3.63, 3.8) is 0 Å². The summed E-state index contributed by atoms with van der Waals surface area (Å²) in [4.78, 5) is 23.0. The third kappa shape index (κ3) is 2.79. The van der Waals surface area contributed by atoms with Crippen molar-refractivity contribution in [3.05, 3.63) is 23.8 Å². The Balaban J connectivity index is 2.37. The lowest BCUT2D eigenvalue weighted by Crippen LogP contribution is -2.18. The number of hydrogen-bond acceptors (Lipinski definition) is 6. The molecule has 120 valence electrons. The fraction of sp³-hybridized carbons (Fsp3) is 0.294. The molecule has 0 N–H and O–H groups in total. The van der Waals surface area contributed by atoms with E-state index in [0.717, 1.165) is 5.56 Å². The van der Waals surface area contributed by atoms with E-state index in [2.05, 4.69) is 0 Å². The lowest BCUT2D eigenvalue weighted by Gasteiger charge is -2.24. The first-order valence-electron chi connectivity index (χ1n) is 7.20. The van der Waals surface area contributed by atoms with Gasteiger partial charge in [-0.25, -0.2) is 0 Å². The zero-order chi connectivity index (χ0) is 16.6. The summed E-state index contributed by atoms with van der Waals surface area (Å²) in [6.07, 6.45) is 0. The van der Waals surface area contributed by atoms with Crippen molar-refractivity contribution in [3.8, 4) is 23.0 Å². The molecule has 0 aromatic heterocycles. The van der Waals surface area contributed by atoms with Gasteiger partial charge in [-0.1, -0.05) is 17.7 Å². The Morgan fingerprint density at radius 3 is 1.96 bits per heavy atom. The van der Waals surface area contributed by atoms with Gasteiger partial charge in [0.25, 0.3) is 0 Å². The molecule has 1 aliphatic rings. The Hall–Kier alpha value is -2.76. The number of ether oxygens (including phenoxy) is 4. The Labute approximate surface area is 132 Å². The standard InChI is InChI=1S/C17H16O6/c1-9-4-5-12-13(8-9)15(23-11(3)19)17-16(20-6-7-21-17)14(12)22-10(2)18/h4-5,8H,6-7H2,1-3H3. The lowest BCUT2D eigenvalue weighted by atomic mass is 10.0. The summed E-state index contributed by atoms with van der Waals surface area (Å²) in [6, 6.07) is 5.52. The van der Waals surface area contributed by atoms with Gasteiger partial charge in [-0.15, -0.1) is 0 Å². The van der Waals surface area contributed by atoms with Crippen LogP contribution in [0.25, 0.3) is 10.8 Å². The Morgan fingerprint density at radius 2 is 1.43 bits per heavy atom. The van der Waals surface area contributed by atoms with Crippen LogP contribution in [0.2, 0.25) is 0 Å². The van der Waals surface area contributed by atoms with E-state index in [0.29, 0.717) is 24.0 Å². The van der Waals surface area contributed by atoms with Crippen LogP contribution in [0.5, 0.6) is 23.0 Å². The molecule has 1 aliphatic heterocycles. The highest BCUT2D eigenvalue weighted by Crippen LogP contribution is 2.52. The molecule has 1 heterocycles. The molecule has 23 heavy (non-hydrogen) atoms. The lowest BCUT2D eigenvalue weighted by molar-refractivity contribution is -0.133. The smallest absolute Gasteiger partial charge is 0.308 e. The van der Waals surface area contributed by atoms with Crippen molar-refractivity contribution in [2.24, 2.45) is 0 Å². The minimum atomic E-state index is -0.469. The van der Waals surface area contributed by atoms with Crippen LogP contribution >= 0.6 is 0 Å². The minimum Gasteiger partial charge on any atom is -0.483 e. The highest BCUT2D eigenvalue weighted by atomic mass is 16.6. The number of carbonyl (C=O) groups is 2. The van der Waals surface area contributed by atoms with Crippen LogP contribution in [0.1, 0.15) is 19.4 Å². The van der Waals surface area contributed by atoms with E-state index < -0.39 is 11.9 Å². The summed E-state index contributed by atoms with van der Waals surface area (Å²) in [7, 11) is 0. The Morgan fingerprint density at radius 1 is 0.913 bits per heavy atom. The van der Waals surface area contributed by atoms with Crippen molar-refractivity contribution in [2.75, 3.05) is 13.2 Å². The fourth-order valence-corrected chi connectivity index (χ4v) is 2.53. The SMILES string of the molecule is CC(=O)Oc1c2c(c(OC(C)=O)c3cc(C)ccc13)OCCO2. The average molecular weight is 316 g/mol. The molecule has 0 spiro atoms. The van der Waals surface area contributed by atoms with E-state index in [1.54, 1.807) is 6.07 Å². The Bertz CT molecular complexity index is 809. The molecule has 0 bridgehead atoms. The number of carbonyl (C=O) groups excluding carboxylic acids is 2. The van der Waals surface area contributed by atoms with Gasteiger partial charge in [-0.3, -0.25) is 9.59 Å². The quantitative estimate of drug-likeness (QED) is 0.627. The van der Waals surface area contributed by atoms with Crippen molar-refractivity contribution in [1.29, 1.82) is 0 Å². The van der Waals surface area contributed by atoms with E-state index in [4.69, 9.17) is 18.9 Å². The second-order valence-electron chi connectivity index (χ2n) is 5.25. The predicted molar refractivity (Wildman–Crippen MR) is 82.3 cm³/mol. The van der Waals surface area contributed by atoms with Gasteiger partial charge in [-0.05, 0) is 13.0 Å². The summed E-state index contributed by atoms with van der Waals surface area (Å²) in [6.45, 7) is 5.18. The molecule has 6 heteroatoms. The maximum Gasteiger partial charge on any atom is 0.308 e. The third-order valence-corrected chi connectivity index (χ3v) is 3.35. The van der Waals surface area contributed by atoms with Crippen molar-refractivity contribution in [2.45, 2.75) is 20.8 Å². The minimum absolute atomic E-state index is 0.276. The summed E-state index contributed by atoms with van der Waals surface area (Å²) >= 11 is 0. The van der Waals surface area contributed by atoms with Crippen LogP contribution in [0, 0.1) is 6.92 Å². The summed E-state index contributed by atoms with van der Waals surface area (Å²) in [5, 5.41) is 1.24. The number of aryl methyl sites for hydroxylation is 1. The zero-order valence-corrected chi connectivity index (χ0v) is 13.1. The van der Waals surface area contributed by atoms with Gasteiger partial charge in [0.1, 0.15) is 13.2 Å². The van der Waals surface area contributed by atoms with Crippen LogP contribution in [0.15, 0.2) is 18.2 Å². The van der Waals surface area contributed by atoms with E-state index in [-0.39, 0.29) is 23.0 Å². The molecule has 0 amide bonds. The molecule has 2 aromatic carbocycles. The van der Waals surface area contributed by atoms with Gasteiger partial charge in [0, 0.05) is 24.6 Å². The van der Waals surface area contributed by atoms with Crippen LogP contribution < -0.4 is 18.9 Å². The fourth-order valence-electron chi connectivity index (χ4n) is 2.53. The van der Waals surface area contributed by atoms with Gasteiger partial charge in [0.2, 0.25) is 11.5 Å². The Kier molecular flexibility index (Phi) is 3.82. The van der Waals surface area contributed by atoms with E-state index in [1.165, 1.54) is 13.8 Å². The highest BCUT2D eigenvalue weighted by molar-refractivity contribution is 6.01. The van der Waals surface area contributed by atoms with Crippen molar-refractivity contribution < 1.29 is 28.5 Å². The number of hydrogen-bond donors (Lipinski definition) is 0. The van der Waals surface area contributed by atoms with Crippen LogP contribution in [-0.4, -0.2) is 25.2 Å². The molecule has 0 saturated carbocycles. The molecule has 0 fully saturated rings. The first-order valence-corrected chi connectivity index (χ1v) is 7.20. The van der Waals surface area contributed by atoms with E-state index >= 15 is 0 Å². The molecule has 0 unspecified atom stereocenters. The summed E-state index contributed by atoms with van der Waals surface area (Å²) in [5.74, 6) is 0.174. The molecular formula is C17H16O6. The highest BCUT2D eigenvalue weighted by Gasteiger charge is 2.28. The average Bonchev–Trinajstić information content (AvgIpc) is 2.49. The van der Waals surface area contributed by atoms with Gasteiger partial charge in [-0.2, -0.15) is 0 Å². The van der Waals surface area contributed by atoms with Gasteiger partial charge in [0.05, 0.1) is 0 Å².